The predicted octanol–water partition coefficient (Wildman–Crippen LogP) is 2.77. The first kappa shape index (κ1) is 20.0. The minimum absolute atomic E-state index is 0.128. The Labute approximate surface area is 164 Å². The first-order valence-electron chi connectivity index (χ1n) is 8.86. The molecule has 1 atom stereocenters. The Morgan fingerprint density at radius 1 is 1.30 bits per heavy atom. The van der Waals surface area contributed by atoms with E-state index in [1.807, 2.05) is 11.4 Å². The van der Waals surface area contributed by atoms with E-state index in [0.717, 1.165) is 32.2 Å². The number of rotatable bonds is 8. The lowest BCUT2D eigenvalue weighted by atomic mass is 10.2. The van der Waals surface area contributed by atoms with Gasteiger partial charge >= 0.3 is 0 Å². The number of nitrogens with zero attached hydrogens (tertiary/aromatic N) is 1. The molecule has 2 heterocycles. The van der Waals surface area contributed by atoms with Crippen LogP contribution in [0.15, 0.2) is 46.7 Å². The van der Waals surface area contributed by atoms with E-state index in [1.54, 1.807) is 23.5 Å². The number of ether oxygens (including phenoxy) is 1. The lowest BCUT2D eigenvalue weighted by molar-refractivity contribution is -0.117. The summed E-state index contributed by atoms with van der Waals surface area (Å²) in [7, 11) is -3.24. The standard InChI is InChI=1S/C19H24N2O4S2/c1-27(23,24)18-8-6-15(7-9-18)20-19(22)14-21(12-16-4-2-10-25-16)13-17-5-3-11-26-17/h3,5-9,11,16H,2,4,10,12-14H2,1H3,(H,20,22)/t16-/m1/s1. The number of sulfone groups is 1. The summed E-state index contributed by atoms with van der Waals surface area (Å²) < 4.78 is 28.8. The van der Waals surface area contributed by atoms with Crippen LogP contribution in [0.5, 0.6) is 0 Å². The molecule has 6 nitrogen and oxygen atoms in total. The van der Waals surface area contributed by atoms with Crippen molar-refractivity contribution < 1.29 is 17.9 Å². The van der Waals surface area contributed by atoms with E-state index >= 15 is 0 Å². The second kappa shape index (κ2) is 8.97. The number of carbonyl (C=O) groups is 1. The zero-order chi connectivity index (χ0) is 19.3. The Hall–Kier alpha value is -1.74. The van der Waals surface area contributed by atoms with Gasteiger partial charge in [-0.25, -0.2) is 8.42 Å². The molecule has 1 amide bonds. The van der Waals surface area contributed by atoms with E-state index in [1.165, 1.54) is 17.0 Å². The summed E-state index contributed by atoms with van der Waals surface area (Å²) in [4.78, 5) is 16.0. The van der Waals surface area contributed by atoms with Crippen LogP contribution >= 0.6 is 11.3 Å². The highest BCUT2D eigenvalue weighted by molar-refractivity contribution is 7.90. The van der Waals surface area contributed by atoms with Crippen molar-refractivity contribution in [3.05, 3.63) is 46.7 Å². The molecule has 1 aromatic heterocycles. The second-order valence-corrected chi connectivity index (χ2v) is 9.78. The van der Waals surface area contributed by atoms with Crippen LogP contribution in [0.25, 0.3) is 0 Å². The third kappa shape index (κ3) is 6.14. The normalized spacial score (nSPS) is 17.3. The summed E-state index contributed by atoms with van der Waals surface area (Å²) in [6.07, 6.45) is 3.42. The molecule has 8 heteroatoms. The molecule has 146 valence electrons. The fourth-order valence-corrected chi connectivity index (χ4v) is 4.45. The van der Waals surface area contributed by atoms with Crippen molar-refractivity contribution in [3.63, 3.8) is 0 Å². The van der Waals surface area contributed by atoms with Gasteiger partial charge in [-0.15, -0.1) is 11.3 Å². The summed E-state index contributed by atoms with van der Waals surface area (Å²) in [6.45, 7) is 2.47. The highest BCUT2D eigenvalue weighted by Crippen LogP contribution is 2.18. The lowest BCUT2D eigenvalue weighted by Gasteiger charge is -2.24. The fourth-order valence-electron chi connectivity index (χ4n) is 3.07. The molecule has 1 fully saturated rings. The van der Waals surface area contributed by atoms with Gasteiger partial charge in [-0.05, 0) is 48.6 Å². The van der Waals surface area contributed by atoms with Crippen molar-refractivity contribution in [1.82, 2.24) is 4.90 Å². The zero-order valence-electron chi connectivity index (χ0n) is 15.3. The largest absolute Gasteiger partial charge is 0.377 e. The van der Waals surface area contributed by atoms with E-state index in [2.05, 4.69) is 16.3 Å². The van der Waals surface area contributed by atoms with Crippen LogP contribution in [0.1, 0.15) is 17.7 Å². The Morgan fingerprint density at radius 2 is 2.07 bits per heavy atom. The van der Waals surface area contributed by atoms with Crippen LogP contribution in [0.2, 0.25) is 0 Å². The lowest BCUT2D eigenvalue weighted by Crippen LogP contribution is -2.37. The van der Waals surface area contributed by atoms with Crippen molar-refractivity contribution in [2.75, 3.05) is 31.3 Å². The topological polar surface area (TPSA) is 75.7 Å². The third-order valence-corrected chi connectivity index (χ3v) is 6.37. The monoisotopic (exact) mass is 408 g/mol. The van der Waals surface area contributed by atoms with Crippen molar-refractivity contribution in [1.29, 1.82) is 0 Å². The molecular weight excluding hydrogens is 384 g/mol. The van der Waals surface area contributed by atoms with Gasteiger partial charge in [-0.1, -0.05) is 6.07 Å². The Kier molecular flexibility index (Phi) is 6.64. The molecule has 1 aliphatic heterocycles. The number of anilines is 1. The summed E-state index contributed by atoms with van der Waals surface area (Å²) in [5.41, 5.74) is 0.584. The van der Waals surface area contributed by atoms with Crippen molar-refractivity contribution in [2.45, 2.75) is 30.4 Å². The molecule has 0 unspecified atom stereocenters. The van der Waals surface area contributed by atoms with Gasteiger partial charge in [-0.2, -0.15) is 0 Å². The smallest absolute Gasteiger partial charge is 0.238 e. The van der Waals surface area contributed by atoms with Gasteiger partial charge in [0.2, 0.25) is 5.91 Å². The van der Waals surface area contributed by atoms with E-state index < -0.39 is 9.84 Å². The van der Waals surface area contributed by atoms with E-state index in [9.17, 15) is 13.2 Å². The maximum absolute atomic E-state index is 12.5. The van der Waals surface area contributed by atoms with Gasteiger partial charge in [0.1, 0.15) is 0 Å². The fraction of sp³-hybridized carbons (Fsp3) is 0.421. The molecule has 1 N–H and O–H groups in total. The summed E-state index contributed by atoms with van der Waals surface area (Å²) >= 11 is 1.67. The van der Waals surface area contributed by atoms with Crippen molar-refractivity contribution in [2.24, 2.45) is 0 Å². The third-order valence-electron chi connectivity index (χ3n) is 4.38. The van der Waals surface area contributed by atoms with Crippen LogP contribution in [0.4, 0.5) is 5.69 Å². The van der Waals surface area contributed by atoms with E-state index in [-0.39, 0.29) is 23.5 Å². The number of nitrogens with one attached hydrogen (secondary N) is 1. The maximum Gasteiger partial charge on any atom is 0.238 e. The number of thiophene rings is 1. The number of hydrogen-bond donors (Lipinski definition) is 1. The molecule has 3 rings (SSSR count). The average Bonchev–Trinajstić information content (AvgIpc) is 3.28. The van der Waals surface area contributed by atoms with Gasteiger partial charge in [0.15, 0.2) is 9.84 Å². The molecule has 1 aromatic carbocycles. The molecule has 0 saturated carbocycles. The van der Waals surface area contributed by atoms with E-state index in [0.29, 0.717) is 12.2 Å². The minimum atomic E-state index is -3.24. The van der Waals surface area contributed by atoms with Crippen molar-refractivity contribution >= 4 is 32.8 Å². The number of benzene rings is 1. The molecule has 0 radical (unpaired) electrons. The summed E-state index contributed by atoms with van der Waals surface area (Å²) in [5, 5.41) is 4.87. The highest BCUT2D eigenvalue weighted by Gasteiger charge is 2.21. The van der Waals surface area contributed by atoms with Crippen LogP contribution in [0, 0.1) is 0 Å². The molecule has 1 saturated heterocycles. The van der Waals surface area contributed by atoms with Crippen molar-refractivity contribution in [3.8, 4) is 0 Å². The minimum Gasteiger partial charge on any atom is -0.377 e. The molecule has 0 aliphatic carbocycles. The van der Waals surface area contributed by atoms with Gasteiger partial charge < -0.3 is 10.1 Å². The van der Waals surface area contributed by atoms with Gasteiger partial charge in [0.05, 0.1) is 17.5 Å². The van der Waals surface area contributed by atoms with Crippen LogP contribution in [-0.4, -0.2) is 51.3 Å². The predicted molar refractivity (Wildman–Crippen MR) is 107 cm³/mol. The maximum atomic E-state index is 12.5. The SMILES string of the molecule is CS(=O)(=O)c1ccc(NC(=O)CN(Cc2cccs2)C[C@H]2CCCO2)cc1. The van der Waals surface area contributed by atoms with Gasteiger partial charge in [-0.3, -0.25) is 9.69 Å². The zero-order valence-corrected chi connectivity index (χ0v) is 16.9. The van der Waals surface area contributed by atoms with Gasteiger partial charge in [0, 0.05) is 36.5 Å². The number of hydrogen-bond acceptors (Lipinski definition) is 6. The second-order valence-electron chi connectivity index (χ2n) is 6.73. The quantitative estimate of drug-likeness (QED) is 0.727. The Balaban J connectivity index is 1.60. The number of amides is 1. The first-order valence-corrected chi connectivity index (χ1v) is 11.6. The highest BCUT2D eigenvalue weighted by atomic mass is 32.2. The van der Waals surface area contributed by atoms with Crippen LogP contribution < -0.4 is 5.32 Å². The number of carbonyl (C=O) groups excluding carboxylic acids is 1. The summed E-state index contributed by atoms with van der Waals surface area (Å²) in [5.74, 6) is -0.128. The first-order chi connectivity index (χ1) is 12.9. The van der Waals surface area contributed by atoms with Crippen LogP contribution in [0.3, 0.4) is 0 Å². The summed E-state index contributed by atoms with van der Waals surface area (Å²) in [6, 6.07) is 10.3. The average molecular weight is 409 g/mol. The van der Waals surface area contributed by atoms with Crippen LogP contribution in [-0.2, 0) is 25.9 Å². The molecule has 2 aromatic rings. The Bertz CT molecular complexity index is 842. The molecular formula is C19H24N2O4S2. The molecule has 1 aliphatic rings. The van der Waals surface area contributed by atoms with Gasteiger partial charge in [0.25, 0.3) is 0 Å². The molecule has 0 spiro atoms. The Morgan fingerprint density at radius 3 is 2.67 bits per heavy atom. The molecule has 0 bridgehead atoms. The molecule has 27 heavy (non-hydrogen) atoms. The van der Waals surface area contributed by atoms with E-state index in [4.69, 9.17) is 4.74 Å².